The van der Waals surface area contributed by atoms with Crippen LogP contribution in [0.4, 0.5) is 0 Å². The van der Waals surface area contributed by atoms with Gasteiger partial charge in [0, 0.05) is 22.0 Å². The predicted molar refractivity (Wildman–Crippen MR) is 113 cm³/mol. The van der Waals surface area contributed by atoms with Gasteiger partial charge in [0.05, 0.1) is 14.2 Å². The van der Waals surface area contributed by atoms with Gasteiger partial charge in [0.15, 0.2) is 0 Å². The lowest BCUT2D eigenvalue weighted by Gasteiger charge is -2.19. The van der Waals surface area contributed by atoms with Crippen LogP contribution in [0, 0.1) is 0 Å². The molecule has 0 spiro atoms. The molecule has 0 N–H and O–H groups in total. The van der Waals surface area contributed by atoms with Gasteiger partial charge >= 0.3 is 0 Å². The fourth-order valence-electron chi connectivity index (χ4n) is 3.65. The van der Waals surface area contributed by atoms with Gasteiger partial charge in [-0.2, -0.15) is 0 Å². The van der Waals surface area contributed by atoms with Crippen LogP contribution in [0.2, 0.25) is 0 Å². The van der Waals surface area contributed by atoms with Gasteiger partial charge in [0.2, 0.25) is 0 Å². The monoisotopic (exact) mass is 406 g/mol. The van der Waals surface area contributed by atoms with Crippen molar-refractivity contribution in [2.75, 3.05) is 14.2 Å². The molecule has 130 valence electrons. The molecular weight excluding hydrogens is 388 g/mol. The molecule has 0 heterocycles. The molecule has 0 saturated heterocycles. The van der Waals surface area contributed by atoms with Crippen molar-refractivity contribution in [3.8, 4) is 22.6 Å². The molecule has 0 atom stereocenters. The van der Waals surface area contributed by atoms with E-state index in [0.29, 0.717) is 0 Å². The Balaban J connectivity index is 2.24. The third-order valence-electron chi connectivity index (χ3n) is 4.79. The number of methoxy groups -OCH3 is 2. The highest BCUT2D eigenvalue weighted by molar-refractivity contribution is 9.08. The Morgan fingerprint density at radius 1 is 0.731 bits per heavy atom. The van der Waals surface area contributed by atoms with Crippen molar-refractivity contribution in [2.24, 2.45) is 0 Å². The molecule has 26 heavy (non-hydrogen) atoms. The summed E-state index contributed by atoms with van der Waals surface area (Å²) in [5.41, 5.74) is 3.27. The Labute approximate surface area is 161 Å². The van der Waals surface area contributed by atoms with Gasteiger partial charge in [-0.15, -0.1) is 0 Å². The van der Waals surface area contributed by atoms with E-state index in [-0.39, 0.29) is 0 Å². The van der Waals surface area contributed by atoms with Crippen LogP contribution in [0.25, 0.3) is 32.7 Å². The van der Waals surface area contributed by atoms with Crippen molar-refractivity contribution in [1.29, 1.82) is 0 Å². The second-order valence-corrected chi connectivity index (χ2v) is 6.72. The first kappa shape index (κ1) is 16.9. The molecule has 0 radical (unpaired) electrons. The highest BCUT2D eigenvalue weighted by Crippen LogP contribution is 2.47. The first-order valence-electron chi connectivity index (χ1n) is 8.49. The van der Waals surface area contributed by atoms with E-state index in [9.17, 15) is 0 Å². The Morgan fingerprint density at radius 3 is 2.04 bits per heavy atom. The standard InChI is InChI=1S/C23H19BrO2/c1-25-20-12-11-15-7-3-5-9-18(15)21(20)22-19-10-6-4-8-16(19)13-17(14-24)23(22)26-2/h3-13H,14H2,1-2H3. The van der Waals surface area contributed by atoms with E-state index in [1.165, 1.54) is 10.8 Å². The van der Waals surface area contributed by atoms with Crippen molar-refractivity contribution < 1.29 is 9.47 Å². The fourth-order valence-corrected chi connectivity index (χ4v) is 4.06. The summed E-state index contributed by atoms with van der Waals surface area (Å²) in [5.74, 6) is 1.73. The van der Waals surface area contributed by atoms with Crippen LogP contribution in [0.3, 0.4) is 0 Å². The highest BCUT2D eigenvalue weighted by atomic mass is 79.9. The number of hydrogen-bond donors (Lipinski definition) is 0. The van der Waals surface area contributed by atoms with E-state index < -0.39 is 0 Å². The molecule has 4 aromatic carbocycles. The van der Waals surface area contributed by atoms with Crippen LogP contribution < -0.4 is 9.47 Å². The minimum absolute atomic E-state index is 0.723. The van der Waals surface area contributed by atoms with Gasteiger partial charge in [-0.25, -0.2) is 0 Å². The Hall–Kier alpha value is -2.52. The van der Waals surface area contributed by atoms with Crippen molar-refractivity contribution in [1.82, 2.24) is 0 Å². The summed E-state index contributed by atoms with van der Waals surface area (Å²) in [7, 11) is 3.45. The highest BCUT2D eigenvalue weighted by Gasteiger charge is 2.20. The first-order valence-corrected chi connectivity index (χ1v) is 9.61. The van der Waals surface area contributed by atoms with Gasteiger partial charge in [-0.1, -0.05) is 70.5 Å². The van der Waals surface area contributed by atoms with Crippen LogP contribution in [0.1, 0.15) is 5.56 Å². The first-order chi connectivity index (χ1) is 12.8. The molecule has 0 saturated carbocycles. The minimum atomic E-state index is 0.723. The summed E-state index contributed by atoms with van der Waals surface area (Å²) in [5, 5.41) is 5.40. The lowest BCUT2D eigenvalue weighted by molar-refractivity contribution is 0.409. The molecule has 2 nitrogen and oxygen atoms in total. The Morgan fingerprint density at radius 2 is 1.38 bits per heavy atom. The number of hydrogen-bond acceptors (Lipinski definition) is 2. The number of fused-ring (bicyclic) bond motifs is 2. The largest absolute Gasteiger partial charge is 0.496 e. The molecule has 0 aliphatic heterocycles. The van der Waals surface area contributed by atoms with Gasteiger partial charge in [-0.05, 0) is 33.7 Å². The molecule has 0 aromatic heterocycles. The second kappa shape index (κ2) is 7.00. The van der Waals surface area contributed by atoms with Gasteiger partial charge < -0.3 is 9.47 Å². The Bertz CT molecular complexity index is 1100. The van der Waals surface area contributed by atoms with E-state index in [1.54, 1.807) is 14.2 Å². The van der Waals surface area contributed by atoms with Crippen LogP contribution in [0.5, 0.6) is 11.5 Å². The number of rotatable bonds is 4. The lowest BCUT2D eigenvalue weighted by Crippen LogP contribution is -1.97. The van der Waals surface area contributed by atoms with Crippen molar-refractivity contribution >= 4 is 37.5 Å². The van der Waals surface area contributed by atoms with Crippen LogP contribution in [-0.2, 0) is 5.33 Å². The summed E-state index contributed by atoms with van der Waals surface area (Å²) < 4.78 is 11.7. The number of ether oxygens (including phenoxy) is 2. The van der Waals surface area contributed by atoms with E-state index >= 15 is 0 Å². The molecular formula is C23H19BrO2. The number of alkyl halides is 1. The van der Waals surface area contributed by atoms with Crippen LogP contribution in [0.15, 0.2) is 66.7 Å². The average Bonchev–Trinajstić information content (AvgIpc) is 2.71. The van der Waals surface area contributed by atoms with E-state index in [0.717, 1.165) is 44.3 Å². The molecule has 0 unspecified atom stereocenters. The summed E-state index contributed by atoms with van der Waals surface area (Å²) in [4.78, 5) is 0. The van der Waals surface area contributed by atoms with Gasteiger partial charge in [0.25, 0.3) is 0 Å². The molecule has 3 heteroatoms. The minimum Gasteiger partial charge on any atom is -0.496 e. The van der Waals surface area contributed by atoms with E-state index in [4.69, 9.17) is 9.47 Å². The maximum Gasteiger partial charge on any atom is 0.131 e. The van der Waals surface area contributed by atoms with E-state index in [2.05, 4.69) is 76.6 Å². The molecule has 0 aliphatic carbocycles. The van der Waals surface area contributed by atoms with Gasteiger partial charge in [-0.3, -0.25) is 0 Å². The van der Waals surface area contributed by atoms with Gasteiger partial charge in [0.1, 0.15) is 11.5 Å². The van der Waals surface area contributed by atoms with Crippen molar-refractivity contribution in [3.05, 3.63) is 72.3 Å². The lowest BCUT2D eigenvalue weighted by atomic mass is 9.90. The second-order valence-electron chi connectivity index (χ2n) is 6.16. The Kier molecular flexibility index (Phi) is 4.56. The fraction of sp³-hybridized carbons (Fsp3) is 0.130. The molecule has 0 bridgehead atoms. The van der Waals surface area contributed by atoms with E-state index in [1.807, 2.05) is 6.07 Å². The number of benzene rings is 4. The summed E-state index contributed by atoms with van der Waals surface area (Å²) in [6.45, 7) is 0. The third-order valence-corrected chi connectivity index (χ3v) is 5.39. The zero-order chi connectivity index (χ0) is 18.1. The van der Waals surface area contributed by atoms with Crippen LogP contribution >= 0.6 is 15.9 Å². The van der Waals surface area contributed by atoms with Crippen molar-refractivity contribution in [2.45, 2.75) is 5.33 Å². The number of halogens is 1. The summed E-state index contributed by atoms with van der Waals surface area (Å²) >= 11 is 3.62. The summed E-state index contributed by atoms with van der Waals surface area (Å²) in [6.07, 6.45) is 0. The average molecular weight is 407 g/mol. The maximum absolute atomic E-state index is 5.89. The van der Waals surface area contributed by atoms with Crippen LogP contribution in [-0.4, -0.2) is 14.2 Å². The molecule has 0 fully saturated rings. The normalized spacial score (nSPS) is 11.0. The summed E-state index contributed by atoms with van der Waals surface area (Å²) in [6, 6.07) is 23.1. The predicted octanol–water partition coefficient (Wildman–Crippen LogP) is 6.57. The van der Waals surface area contributed by atoms with Crippen molar-refractivity contribution in [3.63, 3.8) is 0 Å². The molecule has 0 aliphatic rings. The zero-order valence-corrected chi connectivity index (χ0v) is 16.3. The third kappa shape index (κ3) is 2.63. The molecule has 4 rings (SSSR count). The smallest absolute Gasteiger partial charge is 0.131 e. The SMILES string of the molecule is COc1ccc2ccccc2c1-c1c(OC)c(CBr)cc2ccccc12. The zero-order valence-electron chi connectivity index (χ0n) is 14.8. The molecule has 0 amide bonds. The quantitative estimate of drug-likeness (QED) is 0.356. The molecule has 4 aromatic rings. The topological polar surface area (TPSA) is 18.5 Å². The maximum atomic E-state index is 5.89.